The Morgan fingerprint density at radius 2 is 1.94 bits per heavy atom. The average Bonchev–Trinajstić information content (AvgIpc) is 3.15. The van der Waals surface area contributed by atoms with Gasteiger partial charge in [-0.15, -0.1) is 10.2 Å². The molecule has 3 aromatic rings. The maximum absolute atomic E-state index is 12.4. The highest BCUT2D eigenvalue weighted by Crippen LogP contribution is 2.47. The van der Waals surface area contributed by atoms with E-state index >= 15 is 0 Å². The molecule has 2 heterocycles. The molecule has 1 saturated heterocycles. The molecule has 1 aromatic heterocycles. The van der Waals surface area contributed by atoms with Gasteiger partial charge in [0.1, 0.15) is 0 Å². The number of azo groups is 1. The first kappa shape index (κ1) is 23.2. The summed E-state index contributed by atoms with van der Waals surface area (Å²) in [7, 11) is 0. The van der Waals surface area contributed by atoms with Crippen LogP contribution >= 0.6 is 15.9 Å². The lowest BCUT2D eigenvalue weighted by molar-refractivity contribution is -0.936. The van der Waals surface area contributed by atoms with E-state index in [-0.39, 0.29) is 18.2 Å². The third-order valence-corrected chi connectivity index (χ3v) is 7.96. The molecule has 178 valence electrons. The second-order valence-corrected chi connectivity index (χ2v) is 12.2. The highest BCUT2D eigenvalue weighted by Gasteiger charge is 2.52. The number of halogens is 1. The smallest absolute Gasteiger partial charge is 0.269 e. The molecule has 6 nitrogen and oxygen atoms in total. The highest BCUT2D eigenvalue weighted by atomic mass is 79.9. The van der Waals surface area contributed by atoms with E-state index in [0.717, 1.165) is 27.5 Å². The number of hydrogen-bond donors (Lipinski definition) is 2. The molecule has 1 aliphatic carbocycles. The third-order valence-electron chi connectivity index (χ3n) is 7.47. The van der Waals surface area contributed by atoms with Gasteiger partial charge in [-0.1, -0.05) is 67.0 Å². The van der Waals surface area contributed by atoms with Crippen LogP contribution in [0.1, 0.15) is 45.6 Å². The van der Waals surface area contributed by atoms with Crippen LogP contribution in [-0.4, -0.2) is 28.2 Å². The predicted molar refractivity (Wildman–Crippen MR) is 136 cm³/mol. The molecule has 5 rings (SSSR count). The molecule has 2 aliphatic rings. The van der Waals surface area contributed by atoms with Crippen LogP contribution in [0.5, 0.6) is 5.88 Å². The van der Waals surface area contributed by atoms with Gasteiger partial charge in [0, 0.05) is 28.1 Å². The topological polar surface area (TPSA) is 71.4 Å². The molecule has 2 bridgehead atoms. The summed E-state index contributed by atoms with van der Waals surface area (Å²) < 4.78 is 2.84. The molecular formula is C27H32BrN4O2+. The largest absolute Gasteiger partial charge is 0.493 e. The van der Waals surface area contributed by atoms with Crippen LogP contribution in [0, 0.1) is 10.8 Å². The van der Waals surface area contributed by atoms with E-state index in [0.29, 0.717) is 29.2 Å². The maximum Gasteiger partial charge on any atom is 0.269 e. The zero-order chi connectivity index (χ0) is 24.1. The minimum Gasteiger partial charge on any atom is -0.493 e. The first-order valence-corrected chi connectivity index (χ1v) is 12.8. The van der Waals surface area contributed by atoms with Gasteiger partial charge in [-0.05, 0) is 35.6 Å². The Balaban J connectivity index is 1.45. The lowest BCUT2D eigenvalue weighted by Crippen LogP contribution is -3.13. The summed E-state index contributed by atoms with van der Waals surface area (Å²) in [6.45, 7) is 8.95. The van der Waals surface area contributed by atoms with E-state index in [1.807, 2.05) is 53.1 Å². The molecule has 2 aromatic carbocycles. The lowest BCUT2D eigenvalue weighted by atomic mass is 9.65. The van der Waals surface area contributed by atoms with Crippen molar-refractivity contribution in [2.75, 3.05) is 6.54 Å². The van der Waals surface area contributed by atoms with Gasteiger partial charge in [0.2, 0.25) is 5.88 Å². The van der Waals surface area contributed by atoms with Gasteiger partial charge in [0.05, 0.1) is 24.5 Å². The Kier molecular flexibility index (Phi) is 5.89. The summed E-state index contributed by atoms with van der Waals surface area (Å²) in [5.41, 5.74) is 2.84. The summed E-state index contributed by atoms with van der Waals surface area (Å²) in [6.07, 6.45) is 3.86. The van der Waals surface area contributed by atoms with E-state index < -0.39 is 0 Å². The number of aromatic nitrogens is 1. The number of aromatic hydroxyl groups is 1. The predicted octanol–water partition coefficient (Wildman–Crippen LogP) is 5.40. The Hall–Kier alpha value is -2.51. The monoisotopic (exact) mass is 523 g/mol. The number of hydrogen-bond acceptors (Lipinski definition) is 3. The molecule has 1 amide bonds. The average molecular weight is 524 g/mol. The van der Waals surface area contributed by atoms with Gasteiger partial charge < -0.3 is 10.0 Å². The van der Waals surface area contributed by atoms with Crippen LogP contribution < -0.4 is 4.90 Å². The molecular weight excluding hydrogens is 492 g/mol. The van der Waals surface area contributed by atoms with Gasteiger partial charge in [0.15, 0.2) is 12.4 Å². The van der Waals surface area contributed by atoms with Gasteiger partial charge in [0.25, 0.3) is 5.91 Å². The Labute approximate surface area is 208 Å². The van der Waals surface area contributed by atoms with Crippen molar-refractivity contribution in [1.82, 2.24) is 4.57 Å². The molecule has 1 aliphatic heterocycles. The van der Waals surface area contributed by atoms with E-state index in [2.05, 4.69) is 46.9 Å². The van der Waals surface area contributed by atoms with E-state index in [1.165, 1.54) is 24.2 Å². The number of fused-ring (bicyclic) bond motifs is 3. The number of quaternary nitrogens is 1. The molecule has 2 fully saturated rings. The quantitative estimate of drug-likeness (QED) is 0.439. The highest BCUT2D eigenvalue weighted by molar-refractivity contribution is 9.10. The lowest BCUT2D eigenvalue weighted by Gasteiger charge is -2.37. The normalized spacial score (nSPS) is 25.9. The van der Waals surface area contributed by atoms with Crippen LogP contribution in [0.3, 0.4) is 0 Å². The number of rotatable bonds is 5. The van der Waals surface area contributed by atoms with Crippen molar-refractivity contribution in [3.05, 3.63) is 58.6 Å². The van der Waals surface area contributed by atoms with Gasteiger partial charge in [-0.25, -0.2) is 0 Å². The number of nitrogens with zero attached hydrogens (tertiary/aromatic N) is 3. The molecule has 2 N–H and O–H groups in total. The minimum atomic E-state index is -0.337. The number of carbonyl (C=O) groups is 1. The molecule has 1 unspecified atom stereocenters. The first-order valence-electron chi connectivity index (χ1n) is 12.0. The van der Waals surface area contributed by atoms with E-state index in [1.54, 1.807) is 0 Å². The van der Waals surface area contributed by atoms with Crippen molar-refractivity contribution in [2.45, 2.75) is 59.2 Å². The summed E-state index contributed by atoms with van der Waals surface area (Å²) in [4.78, 5) is 14.0. The van der Waals surface area contributed by atoms with Crippen molar-refractivity contribution < 1.29 is 14.8 Å². The number of amides is 1. The summed E-state index contributed by atoms with van der Waals surface area (Å²) in [5.74, 6) is -0.265. The summed E-state index contributed by atoms with van der Waals surface area (Å²) in [5, 5.41) is 20.2. The summed E-state index contributed by atoms with van der Waals surface area (Å²) in [6, 6.07) is 16.0. The van der Waals surface area contributed by atoms with Crippen LogP contribution in [0.25, 0.3) is 10.9 Å². The first-order chi connectivity index (χ1) is 16.1. The minimum absolute atomic E-state index is 0.0720. The fourth-order valence-corrected chi connectivity index (χ4v) is 6.96. The number of benzene rings is 2. The molecule has 1 saturated carbocycles. The van der Waals surface area contributed by atoms with Crippen LogP contribution in [0.2, 0.25) is 0 Å². The summed E-state index contributed by atoms with van der Waals surface area (Å²) >= 11 is 3.53. The Morgan fingerprint density at radius 3 is 2.71 bits per heavy atom. The molecule has 0 radical (unpaired) electrons. The molecule has 3 atom stereocenters. The van der Waals surface area contributed by atoms with Gasteiger partial charge in [-0.2, -0.15) is 0 Å². The van der Waals surface area contributed by atoms with Crippen molar-refractivity contribution in [3.63, 3.8) is 0 Å². The fraction of sp³-hybridized carbons (Fsp3) is 0.444. The number of nitrogens with one attached hydrogen (secondary N) is 1. The molecule has 0 spiro atoms. The van der Waals surface area contributed by atoms with Crippen LogP contribution in [-0.2, 0) is 17.9 Å². The van der Waals surface area contributed by atoms with Gasteiger partial charge in [-0.3, -0.25) is 9.36 Å². The van der Waals surface area contributed by atoms with Gasteiger partial charge >= 0.3 is 0 Å². The van der Waals surface area contributed by atoms with E-state index in [9.17, 15) is 9.90 Å². The molecule has 7 heteroatoms. The SMILES string of the molecule is CC1(C)C[C@H]2C[C@](C)(C[NH+]2Cn2c(O)c(N=NC(=O)Cc3ccccc3)c3cc(Br)ccc32)C1. The van der Waals surface area contributed by atoms with E-state index in [4.69, 9.17) is 0 Å². The Morgan fingerprint density at radius 1 is 1.18 bits per heavy atom. The maximum atomic E-state index is 12.4. The Bertz CT molecular complexity index is 1270. The second-order valence-electron chi connectivity index (χ2n) is 11.3. The van der Waals surface area contributed by atoms with Crippen molar-refractivity contribution >= 4 is 38.4 Å². The zero-order valence-electron chi connectivity index (χ0n) is 20.0. The second kappa shape index (κ2) is 8.61. The fourth-order valence-electron chi connectivity index (χ4n) is 6.60. The third kappa shape index (κ3) is 4.56. The van der Waals surface area contributed by atoms with Crippen molar-refractivity contribution in [3.8, 4) is 5.88 Å². The van der Waals surface area contributed by atoms with Crippen LogP contribution in [0.15, 0.2) is 63.2 Å². The molecule has 34 heavy (non-hydrogen) atoms. The van der Waals surface area contributed by atoms with Crippen molar-refractivity contribution in [2.24, 2.45) is 21.1 Å². The number of likely N-dealkylation sites (tertiary alicyclic amines) is 1. The standard InChI is InChI=1S/C27H31BrN4O2/c1-26(2)13-20-14-27(3,15-26)16-31(20)17-32-22-10-9-19(28)12-21(22)24(25(32)34)30-29-23(33)11-18-7-5-4-6-8-18/h4-10,12,20,34H,11,13-17H2,1-3H3/p+1/t20-,27-/m0/s1. The zero-order valence-corrected chi connectivity index (χ0v) is 21.6. The van der Waals surface area contributed by atoms with Crippen LogP contribution in [0.4, 0.5) is 5.69 Å². The number of carbonyl (C=O) groups excluding carboxylic acids is 1. The van der Waals surface area contributed by atoms with Crippen molar-refractivity contribution in [1.29, 1.82) is 0 Å².